The third-order valence-corrected chi connectivity index (χ3v) is 3.39. The van der Waals surface area contributed by atoms with Crippen LogP contribution >= 0.6 is 0 Å². The minimum atomic E-state index is 0.582. The Morgan fingerprint density at radius 1 is 1.05 bits per heavy atom. The molecular formula is C16H20N2O. The van der Waals surface area contributed by atoms with Crippen molar-refractivity contribution in [2.45, 2.75) is 13.5 Å². The van der Waals surface area contributed by atoms with Gasteiger partial charge < -0.3 is 15.4 Å². The second-order valence-corrected chi connectivity index (χ2v) is 4.57. The number of ether oxygens (including phenoxy) is 1. The summed E-state index contributed by atoms with van der Waals surface area (Å²) in [6.45, 7) is 2.67. The van der Waals surface area contributed by atoms with Gasteiger partial charge in [0.2, 0.25) is 0 Å². The number of nitrogens with two attached hydrogens (primary N) is 1. The van der Waals surface area contributed by atoms with E-state index >= 15 is 0 Å². The van der Waals surface area contributed by atoms with Gasteiger partial charge in [0.05, 0.1) is 7.11 Å². The van der Waals surface area contributed by atoms with Gasteiger partial charge >= 0.3 is 0 Å². The first-order chi connectivity index (χ1) is 9.15. The van der Waals surface area contributed by atoms with Crippen LogP contribution in [0, 0.1) is 6.92 Å². The van der Waals surface area contributed by atoms with E-state index in [4.69, 9.17) is 10.5 Å². The molecule has 0 aromatic heterocycles. The number of nitrogens with zero attached hydrogens (tertiary/aromatic N) is 1. The van der Waals surface area contributed by atoms with Gasteiger partial charge in [0, 0.05) is 25.0 Å². The first kappa shape index (κ1) is 13.4. The fourth-order valence-corrected chi connectivity index (χ4v) is 2.07. The summed E-state index contributed by atoms with van der Waals surface area (Å²) in [5.41, 5.74) is 10.4. The van der Waals surface area contributed by atoms with Gasteiger partial charge in [-0.1, -0.05) is 6.07 Å². The molecular weight excluding hydrogens is 236 g/mol. The monoisotopic (exact) mass is 256 g/mol. The number of benzene rings is 2. The largest absolute Gasteiger partial charge is 0.497 e. The van der Waals surface area contributed by atoms with Crippen molar-refractivity contribution < 1.29 is 4.74 Å². The fourth-order valence-electron chi connectivity index (χ4n) is 2.07. The fraction of sp³-hybridized carbons (Fsp3) is 0.250. The Morgan fingerprint density at radius 2 is 1.68 bits per heavy atom. The topological polar surface area (TPSA) is 38.5 Å². The Kier molecular flexibility index (Phi) is 4.07. The highest BCUT2D eigenvalue weighted by atomic mass is 16.5. The van der Waals surface area contributed by atoms with Crippen LogP contribution in [0.25, 0.3) is 0 Å². The molecule has 0 saturated carbocycles. The lowest BCUT2D eigenvalue weighted by atomic mass is 10.1. The number of aryl methyl sites for hydroxylation is 1. The van der Waals surface area contributed by atoms with Crippen molar-refractivity contribution in [3.8, 4) is 5.75 Å². The molecule has 19 heavy (non-hydrogen) atoms. The van der Waals surface area contributed by atoms with Crippen molar-refractivity contribution in [1.29, 1.82) is 0 Å². The van der Waals surface area contributed by atoms with Crippen LogP contribution in [-0.4, -0.2) is 14.2 Å². The Hall–Kier alpha value is -2.00. The molecule has 2 aromatic carbocycles. The van der Waals surface area contributed by atoms with Gasteiger partial charge in [-0.05, 0) is 54.4 Å². The van der Waals surface area contributed by atoms with E-state index in [2.05, 4.69) is 37.1 Å². The molecule has 100 valence electrons. The first-order valence-electron chi connectivity index (χ1n) is 6.33. The SMILES string of the molecule is COc1ccc(N(C)c2ccc(CN)c(C)c2)cc1. The molecule has 0 aliphatic rings. The molecule has 0 spiro atoms. The quantitative estimate of drug-likeness (QED) is 0.912. The minimum absolute atomic E-state index is 0.582. The highest BCUT2D eigenvalue weighted by molar-refractivity contribution is 5.64. The van der Waals surface area contributed by atoms with Gasteiger partial charge in [-0.3, -0.25) is 0 Å². The average Bonchev–Trinajstić information content (AvgIpc) is 2.46. The number of methoxy groups -OCH3 is 1. The maximum absolute atomic E-state index is 5.69. The van der Waals surface area contributed by atoms with E-state index in [1.54, 1.807) is 7.11 Å². The molecule has 0 heterocycles. The number of rotatable bonds is 4. The van der Waals surface area contributed by atoms with Crippen molar-refractivity contribution in [2.75, 3.05) is 19.1 Å². The highest BCUT2D eigenvalue weighted by Gasteiger charge is 2.06. The molecule has 0 saturated heterocycles. The van der Waals surface area contributed by atoms with Crippen LogP contribution in [0.1, 0.15) is 11.1 Å². The van der Waals surface area contributed by atoms with Crippen LogP contribution in [0.15, 0.2) is 42.5 Å². The van der Waals surface area contributed by atoms with E-state index in [9.17, 15) is 0 Å². The second-order valence-electron chi connectivity index (χ2n) is 4.57. The zero-order valence-corrected chi connectivity index (χ0v) is 11.7. The predicted octanol–water partition coefficient (Wildman–Crippen LogP) is 3.23. The van der Waals surface area contributed by atoms with Crippen molar-refractivity contribution in [2.24, 2.45) is 5.73 Å². The van der Waals surface area contributed by atoms with Crippen molar-refractivity contribution in [1.82, 2.24) is 0 Å². The van der Waals surface area contributed by atoms with Crippen LogP contribution < -0.4 is 15.4 Å². The second kappa shape index (κ2) is 5.76. The van der Waals surface area contributed by atoms with Crippen LogP contribution in [0.2, 0.25) is 0 Å². The van der Waals surface area contributed by atoms with E-state index in [1.165, 1.54) is 11.1 Å². The summed E-state index contributed by atoms with van der Waals surface area (Å²) < 4.78 is 5.17. The summed E-state index contributed by atoms with van der Waals surface area (Å²) in [6.07, 6.45) is 0. The maximum Gasteiger partial charge on any atom is 0.119 e. The van der Waals surface area contributed by atoms with Crippen LogP contribution in [0.5, 0.6) is 5.75 Å². The number of anilines is 2. The molecule has 0 aliphatic heterocycles. The zero-order chi connectivity index (χ0) is 13.8. The zero-order valence-electron chi connectivity index (χ0n) is 11.7. The Bertz CT molecular complexity index is 549. The Labute approximate surface area is 114 Å². The molecule has 0 radical (unpaired) electrons. The van der Waals surface area contributed by atoms with Crippen molar-refractivity contribution in [3.63, 3.8) is 0 Å². The molecule has 3 nitrogen and oxygen atoms in total. The molecule has 0 bridgehead atoms. The van der Waals surface area contributed by atoms with Crippen LogP contribution in [0.3, 0.4) is 0 Å². The normalized spacial score (nSPS) is 10.3. The van der Waals surface area contributed by atoms with Gasteiger partial charge in [0.15, 0.2) is 0 Å². The van der Waals surface area contributed by atoms with Crippen LogP contribution in [0.4, 0.5) is 11.4 Å². The molecule has 0 fully saturated rings. The Balaban J connectivity index is 2.27. The smallest absolute Gasteiger partial charge is 0.119 e. The molecule has 3 heteroatoms. The lowest BCUT2D eigenvalue weighted by Crippen LogP contribution is -2.10. The molecule has 0 aliphatic carbocycles. The molecule has 0 amide bonds. The Morgan fingerprint density at radius 3 is 2.21 bits per heavy atom. The summed E-state index contributed by atoms with van der Waals surface area (Å²) in [6, 6.07) is 14.4. The number of hydrogen-bond donors (Lipinski definition) is 1. The molecule has 2 N–H and O–H groups in total. The lowest BCUT2D eigenvalue weighted by Gasteiger charge is -2.21. The van der Waals surface area contributed by atoms with Crippen LogP contribution in [-0.2, 0) is 6.54 Å². The molecule has 0 unspecified atom stereocenters. The lowest BCUT2D eigenvalue weighted by molar-refractivity contribution is 0.415. The van der Waals surface area contributed by atoms with E-state index in [-0.39, 0.29) is 0 Å². The third-order valence-electron chi connectivity index (χ3n) is 3.39. The predicted molar refractivity (Wildman–Crippen MR) is 80.1 cm³/mol. The van der Waals surface area contributed by atoms with E-state index in [1.807, 2.05) is 24.3 Å². The van der Waals surface area contributed by atoms with Gasteiger partial charge in [0.25, 0.3) is 0 Å². The summed E-state index contributed by atoms with van der Waals surface area (Å²) in [4.78, 5) is 2.15. The van der Waals surface area contributed by atoms with Gasteiger partial charge in [-0.25, -0.2) is 0 Å². The van der Waals surface area contributed by atoms with E-state index < -0.39 is 0 Å². The molecule has 2 aromatic rings. The summed E-state index contributed by atoms with van der Waals surface area (Å²) in [5, 5.41) is 0. The van der Waals surface area contributed by atoms with Crippen molar-refractivity contribution >= 4 is 11.4 Å². The third kappa shape index (κ3) is 2.88. The van der Waals surface area contributed by atoms with E-state index in [0.717, 1.165) is 17.1 Å². The summed E-state index contributed by atoms with van der Waals surface area (Å²) in [7, 11) is 3.73. The van der Waals surface area contributed by atoms with Gasteiger partial charge in [-0.2, -0.15) is 0 Å². The van der Waals surface area contributed by atoms with E-state index in [0.29, 0.717) is 6.54 Å². The molecule has 2 rings (SSSR count). The maximum atomic E-state index is 5.69. The minimum Gasteiger partial charge on any atom is -0.497 e. The van der Waals surface area contributed by atoms with Gasteiger partial charge in [0.1, 0.15) is 5.75 Å². The summed E-state index contributed by atoms with van der Waals surface area (Å²) in [5.74, 6) is 0.867. The highest BCUT2D eigenvalue weighted by Crippen LogP contribution is 2.27. The summed E-state index contributed by atoms with van der Waals surface area (Å²) >= 11 is 0. The standard InChI is InChI=1S/C16H20N2O/c1-12-10-15(5-4-13(12)11-17)18(2)14-6-8-16(19-3)9-7-14/h4-10H,11,17H2,1-3H3. The van der Waals surface area contributed by atoms with Gasteiger partial charge in [-0.15, -0.1) is 0 Å². The average molecular weight is 256 g/mol. The van der Waals surface area contributed by atoms with Crippen molar-refractivity contribution in [3.05, 3.63) is 53.6 Å². The molecule has 0 atom stereocenters. The first-order valence-corrected chi connectivity index (χ1v) is 6.33. The number of hydrogen-bond acceptors (Lipinski definition) is 3.